The van der Waals surface area contributed by atoms with Crippen LogP contribution in [0.5, 0.6) is 0 Å². The minimum Gasteiger partial charge on any atom is -0.322 e. The standard InChI is InChI=1S/C18H16FN3O/c1-12-10-13(2)22(21-12)17-8-6-14(7-9-17)18(23)20-16-5-3-4-15(19)11-16/h3-11H,1-2H3,(H,20,23). The van der Waals surface area contributed by atoms with E-state index in [0.717, 1.165) is 17.1 Å². The molecule has 0 bridgehead atoms. The summed E-state index contributed by atoms with van der Waals surface area (Å²) in [6.07, 6.45) is 0. The number of nitrogens with zero attached hydrogens (tertiary/aromatic N) is 2. The topological polar surface area (TPSA) is 46.9 Å². The van der Waals surface area contributed by atoms with Gasteiger partial charge in [-0.2, -0.15) is 5.10 Å². The number of rotatable bonds is 3. The van der Waals surface area contributed by atoms with E-state index in [1.807, 2.05) is 36.7 Å². The van der Waals surface area contributed by atoms with Gasteiger partial charge in [0, 0.05) is 16.9 Å². The van der Waals surface area contributed by atoms with Gasteiger partial charge in [0.2, 0.25) is 0 Å². The van der Waals surface area contributed by atoms with E-state index < -0.39 is 0 Å². The van der Waals surface area contributed by atoms with Gasteiger partial charge in [-0.1, -0.05) is 6.07 Å². The van der Waals surface area contributed by atoms with Gasteiger partial charge in [-0.05, 0) is 62.4 Å². The van der Waals surface area contributed by atoms with Crippen molar-refractivity contribution in [1.29, 1.82) is 0 Å². The van der Waals surface area contributed by atoms with Crippen molar-refractivity contribution in [3.8, 4) is 5.69 Å². The van der Waals surface area contributed by atoms with Crippen molar-refractivity contribution >= 4 is 11.6 Å². The minimum atomic E-state index is -0.386. The first-order chi connectivity index (χ1) is 11.0. The molecule has 0 aliphatic heterocycles. The number of hydrogen-bond donors (Lipinski definition) is 1. The maximum absolute atomic E-state index is 13.1. The first-order valence-electron chi connectivity index (χ1n) is 7.23. The Bertz CT molecular complexity index is 853. The second-order valence-electron chi connectivity index (χ2n) is 5.35. The minimum absolute atomic E-state index is 0.282. The van der Waals surface area contributed by atoms with Crippen molar-refractivity contribution in [1.82, 2.24) is 9.78 Å². The Hall–Kier alpha value is -2.95. The molecule has 5 heteroatoms. The third kappa shape index (κ3) is 3.29. The highest BCUT2D eigenvalue weighted by molar-refractivity contribution is 6.04. The number of carbonyl (C=O) groups excluding carboxylic acids is 1. The fourth-order valence-corrected chi connectivity index (χ4v) is 2.41. The quantitative estimate of drug-likeness (QED) is 0.798. The zero-order valence-corrected chi connectivity index (χ0v) is 12.9. The number of hydrogen-bond acceptors (Lipinski definition) is 2. The lowest BCUT2D eigenvalue weighted by Gasteiger charge is -2.07. The zero-order valence-electron chi connectivity index (χ0n) is 12.9. The molecule has 0 aliphatic carbocycles. The molecule has 1 aromatic heterocycles. The normalized spacial score (nSPS) is 10.6. The highest BCUT2D eigenvalue weighted by Crippen LogP contribution is 2.15. The number of carbonyl (C=O) groups is 1. The summed E-state index contributed by atoms with van der Waals surface area (Å²) in [5, 5.41) is 7.08. The molecule has 0 fully saturated rings. The Morgan fingerprint density at radius 2 is 1.83 bits per heavy atom. The van der Waals surface area contributed by atoms with Crippen LogP contribution < -0.4 is 5.32 Å². The highest BCUT2D eigenvalue weighted by atomic mass is 19.1. The Balaban J connectivity index is 1.79. The average molecular weight is 309 g/mol. The Morgan fingerprint density at radius 3 is 2.43 bits per heavy atom. The number of nitrogens with one attached hydrogen (secondary N) is 1. The average Bonchev–Trinajstić information content (AvgIpc) is 2.86. The van der Waals surface area contributed by atoms with Gasteiger partial charge in [-0.15, -0.1) is 0 Å². The van der Waals surface area contributed by atoms with Crippen LogP contribution in [0, 0.1) is 19.7 Å². The lowest BCUT2D eigenvalue weighted by atomic mass is 10.2. The van der Waals surface area contributed by atoms with E-state index in [-0.39, 0.29) is 11.7 Å². The van der Waals surface area contributed by atoms with E-state index in [2.05, 4.69) is 10.4 Å². The van der Waals surface area contributed by atoms with Crippen molar-refractivity contribution in [3.63, 3.8) is 0 Å². The van der Waals surface area contributed by atoms with Crippen molar-refractivity contribution in [2.75, 3.05) is 5.32 Å². The van der Waals surface area contributed by atoms with Gasteiger partial charge in [0.25, 0.3) is 5.91 Å². The Labute approximate surface area is 133 Å². The molecule has 1 N–H and O–H groups in total. The molecule has 3 rings (SSSR count). The van der Waals surface area contributed by atoms with Gasteiger partial charge in [0.15, 0.2) is 0 Å². The molecule has 0 spiro atoms. The molecule has 0 radical (unpaired) electrons. The third-order valence-corrected chi connectivity index (χ3v) is 3.47. The van der Waals surface area contributed by atoms with Crippen LogP contribution in [0.2, 0.25) is 0 Å². The van der Waals surface area contributed by atoms with E-state index in [0.29, 0.717) is 11.3 Å². The number of benzene rings is 2. The number of halogens is 1. The maximum Gasteiger partial charge on any atom is 0.255 e. The van der Waals surface area contributed by atoms with Crippen LogP contribution in [0.1, 0.15) is 21.7 Å². The van der Waals surface area contributed by atoms with Crippen LogP contribution in [0.3, 0.4) is 0 Å². The zero-order chi connectivity index (χ0) is 16.4. The molecule has 4 nitrogen and oxygen atoms in total. The van der Waals surface area contributed by atoms with Gasteiger partial charge in [0.1, 0.15) is 5.82 Å². The van der Waals surface area contributed by atoms with Crippen molar-refractivity contribution in [3.05, 3.63) is 77.4 Å². The summed E-state index contributed by atoms with van der Waals surface area (Å²) in [5.41, 5.74) is 3.78. The second kappa shape index (κ2) is 6.04. The van der Waals surface area contributed by atoms with Crippen LogP contribution in [0.15, 0.2) is 54.6 Å². The molecule has 0 saturated carbocycles. The summed E-state index contributed by atoms with van der Waals surface area (Å²) in [6.45, 7) is 3.91. The molecule has 1 amide bonds. The van der Waals surface area contributed by atoms with Crippen LogP contribution >= 0.6 is 0 Å². The SMILES string of the molecule is Cc1cc(C)n(-c2ccc(C(=O)Nc3cccc(F)c3)cc2)n1. The monoisotopic (exact) mass is 309 g/mol. The lowest BCUT2D eigenvalue weighted by molar-refractivity contribution is 0.102. The van der Waals surface area contributed by atoms with Crippen molar-refractivity contribution in [2.24, 2.45) is 0 Å². The van der Waals surface area contributed by atoms with Gasteiger partial charge < -0.3 is 5.32 Å². The summed E-state index contributed by atoms with van der Waals surface area (Å²) in [5.74, 6) is -0.668. The molecule has 0 aliphatic rings. The highest BCUT2D eigenvalue weighted by Gasteiger charge is 2.08. The molecule has 0 atom stereocenters. The summed E-state index contributed by atoms with van der Waals surface area (Å²) in [7, 11) is 0. The number of aromatic nitrogens is 2. The van der Waals surface area contributed by atoms with Gasteiger partial charge >= 0.3 is 0 Å². The van der Waals surface area contributed by atoms with Gasteiger partial charge in [0.05, 0.1) is 11.4 Å². The van der Waals surface area contributed by atoms with Crippen LogP contribution in [-0.4, -0.2) is 15.7 Å². The summed E-state index contributed by atoms with van der Waals surface area (Å²) in [6, 6.07) is 14.9. The second-order valence-corrected chi connectivity index (χ2v) is 5.35. The van der Waals surface area contributed by atoms with Crippen LogP contribution in [0.25, 0.3) is 5.69 Å². The summed E-state index contributed by atoms with van der Waals surface area (Å²) in [4.78, 5) is 12.2. The fraction of sp³-hybridized carbons (Fsp3) is 0.111. The predicted molar refractivity (Wildman–Crippen MR) is 87.4 cm³/mol. The molecule has 0 saturated heterocycles. The number of aryl methyl sites for hydroxylation is 2. The van der Waals surface area contributed by atoms with E-state index in [1.165, 1.54) is 12.1 Å². The largest absolute Gasteiger partial charge is 0.322 e. The van der Waals surface area contributed by atoms with E-state index >= 15 is 0 Å². The Morgan fingerprint density at radius 1 is 1.09 bits per heavy atom. The molecule has 116 valence electrons. The molecule has 2 aromatic carbocycles. The molecule has 23 heavy (non-hydrogen) atoms. The van der Waals surface area contributed by atoms with Crippen molar-refractivity contribution < 1.29 is 9.18 Å². The lowest BCUT2D eigenvalue weighted by Crippen LogP contribution is -2.12. The van der Waals surface area contributed by atoms with E-state index in [9.17, 15) is 9.18 Å². The molecular weight excluding hydrogens is 293 g/mol. The van der Waals surface area contributed by atoms with Crippen LogP contribution in [-0.2, 0) is 0 Å². The Kier molecular flexibility index (Phi) is 3.93. The predicted octanol–water partition coefficient (Wildman–Crippen LogP) is 3.88. The molecule has 1 heterocycles. The van der Waals surface area contributed by atoms with E-state index in [4.69, 9.17) is 0 Å². The number of amides is 1. The van der Waals surface area contributed by atoms with Gasteiger partial charge in [-0.25, -0.2) is 9.07 Å². The summed E-state index contributed by atoms with van der Waals surface area (Å²) < 4.78 is 15.0. The summed E-state index contributed by atoms with van der Waals surface area (Å²) >= 11 is 0. The maximum atomic E-state index is 13.1. The smallest absolute Gasteiger partial charge is 0.255 e. The first-order valence-corrected chi connectivity index (χ1v) is 7.23. The number of anilines is 1. The third-order valence-electron chi connectivity index (χ3n) is 3.47. The van der Waals surface area contributed by atoms with E-state index in [1.54, 1.807) is 24.3 Å². The fourth-order valence-electron chi connectivity index (χ4n) is 2.41. The van der Waals surface area contributed by atoms with Crippen LogP contribution in [0.4, 0.5) is 10.1 Å². The van der Waals surface area contributed by atoms with Gasteiger partial charge in [-0.3, -0.25) is 4.79 Å². The molecule has 3 aromatic rings. The first kappa shape index (κ1) is 15.0. The molecule has 0 unspecified atom stereocenters. The molecular formula is C18H16FN3O. The van der Waals surface area contributed by atoms with Crippen molar-refractivity contribution in [2.45, 2.75) is 13.8 Å².